The minimum Gasteiger partial charge on any atom is -0.399 e. The number of benzene rings is 4. The van der Waals surface area contributed by atoms with Gasteiger partial charge in [-0.3, -0.25) is 4.79 Å². The molecule has 6 nitrogen and oxygen atoms in total. The van der Waals surface area contributed by atoms with E-state index in [1.54, 1.807) is 28.8 Å². The molecule has 0 unspecified atom stereocenters. The molecular weight excluding hydrogens is 458 g/mol. The highest BCUT2D eigenvalue weighted by Crippen LogP contribution is 2.29. The van der Waals surface area contributed by atoms with Crippen molar-refractivity contribution in [2.24, 2.45) is 10.9 Å². The molecule has 0 bridgehead atoms. The molecular formula is C28H23N3O3S. The molecule has 4 aromatic carbocycles. The third kappa shape index (κ3) is 4.35. The molecule has 0 atom stereocenters. The lowest BCUT2D eigenvalue weighted by molar-refractivity contribution is 0.598. The van der Waals surface area contributed by atoms with Crippen LogP contribution < -0.4 is 16.4 Å². The Hall–Kier alpha value is -4.20. The fraction of sp³-hybridized carbons (Fsp3) is 0.0357. The number of hydrogen-bond acceptors (Lipinski definition) is 4. The number of rotatable bonds is 5. The summed E-state index contributed by atoms with van der Waals surface area (Å²) in [4.78, 5) is 12.9. The molecule has 0 amide bonds. The van der Waals surface area contributed by atoms with Gasteiger partial charge in [0.1, 0.15) is 0 Å². The van der Waals surface area contributed by atoms with Crippen LogP contribution in [0.2, 0.25) is 0 Å². The minimum atomic E-state index is -3.89. The summed E-state index contributed by atoms with van der Waals surface area (Å²) in [5.41, 5.74) is 10.0. The van der Waals surface area contributed by atoms with Crippen LogP contribution in [0.4, 0.5) is 0 Å². The number of pyridine rings is 1. The number of hydrogen-bond donors (Lipinski definition) is 2. The quantitative estimate of drug-likeness (QED) is 0.387. The van der Waals surface area contributed by atoms with E-state index < -0.39 is 10.0 Å². The van der Waals surface area contributed by atoms with Crippen LogP contribution >= 0.6 is 0 Å². The fourth-order valence-corrected chi connectivity index (χ4v) is 5.12. The average molecular weight is 482 g/mol. The van der Waals surface area contributed by atoms with Gasteiger partial charge in [0.2, 0.25) is 10.0 Å². The lowest BCUT2D eigenvalue weighted by Gasteiger charge is -2.13. The van der Waals surface area contributed by atoms with Gasteiger partial charge >= 0.3 is 0 Å². The lowest BCUT2D eigenvalue weighted by atomic mass is 10.0. The van der Waals surface area contributed by atoms with Crippen molar-refractivity contribution >= 4 is 37.4 Å². The van der Waals surface area contributed by atoms with Gasteiger partial charge in [-0.25, -0.2) is 13.6 Å². The van der Waals surface area contributed by atoms with Crippen molar-refractivity contribution in [3.8, 4) is 11.1 Å². The van der Waals surface area contributed by atoms with E-state index in [-0.39, 0.29) is 10.5 Å². The summed E-state index contributed by atoms with van der Waals surface area (Å²) in [6.07, 6.45) is 0. The first-order valence-electron chi connectivity index (χ1n) is 10.9. The Kier molecular flexibility index (Phi) is 5.51. The van der Waals surface area contributed by atoms with Crippen molar-refractivity contribution in [3.05, 3.63) is 119 Å². The van der Waals surface area contributed by atoms with Gasteiger partial charge in [-0.2, -0.15) is 0 Å². The zero-order valence-corrected chi connectivity index (χ0v) is 19.6. The summed E-state index contributed by atoms with van der Waals surface area (Å²) >= 11 is 0. The molecule has 1 heterocycles. The molecule has 1 aromatic heterocycles. The second kappa shape index (κ2) is 8.54. The number of nitrogens with zero attached hydrogens (tertiary/aromatic N) is 1. The fourth-order valence-electron chi connectivity index (χ4n) is 4.36. The Morgan fingerprint density at radius 3 is 2.34 bits per heavy atom. The summed E-state index contributed by atoms with van der Waals surface area (Å²) in [6.45, 7) is 4.19. The van der Waals surface area contributed by atoms with Crippen molar-refractivity contribution < 1.29 is 8.42 Å². The molecule has 0 spiro atoms. The third-order valence-corrected chi connectivity index (χ3v) is 7.08. The van der Waals surface area contributed by atoms with Crippen LogP contribution in [0.25, 0.3) is 38.5 Å². The molecule has 0 aliphatic rings. The Morgan fingerprint density at radius 1 is 0.829 bits per heavy atom. The maximum absolute atomic E-state index is 12.8. The molecule has 35 heavy (non-hydrogen) atoms. The molecule has 5 rings (SSSR count). The largest absolute Gasteiger partial charge is 0.399 e. The van der Waals surface area contributed by atoms with Gasteiger partial charge in [0, 0.05) is 17.3 Å². The van der Waals surface area contributed by atoms with Gasteiger partial charge in [-0.15, -0.1) is 0 Å². The maximum atomic E-state index is 12.8. The van der Waals surface area contributed by atoms with Gasteiger partial charge in [0.15, 0.2) is 0 Å². The molecule has 5 aromatic rings. The summed E-state index contributed by atoms with van der Waals surface area (Å²) in [6, 6.07) is 27.4. The van der Waals surface area contributed by atoms with E-state index in [4.69, 9.17) is 10.9 Å². The van der Waals surface area contributed by atoms with Crippen molar-refractivity contribution in [2.75, 3.05) is 0 Å². The number of sulfonamides is 1. The zero-order valence-electron chi connectivity index (χ0n) is 18.8. The average Bonchev–Trinajstić information content (AvgIpc) is 2.84. The molecule has 0 saturated heterocycles. The topological polar surface area (TPSA) is 108 Å². The Bertz CT molecular complexity index is 1800. The third-order valence-electron chi connectivity index (χ3n) is 6.11. The first-order chi connectivity index (χ1) is 16.7. The van der Waals surface area contributed by atoms with E-state index in [0.717, 1.165) is 32.8 Å². The highest BCUT2D eigenvalue weighted by Gasteiger charge is 2.15. The first-order valence-corrected chi connectivity index (χ1v) is 12.5. The normalized spacial score (nSPS) is 11.7. The van der Waals surface area contributed by atoms with Crippen LogP contribution in [0.1, 0.15) is 11.1 Å². The Balaban J connectivity index is 1.59. The minimum absolute atomic E-state index is 0.0587. The van der Waals surface area contributed by atoms with E-state index >= 15 is 0 Å². The maximum Gasteiger partial charge on any atom is 0.251 e. The number of fused-ring (bicyclic) bond motifs is 2. The van der Waals surface area contributed by atoms with Crippen LogP contribution in [0, 0.1) is 0 Å². The lowest BCUT2D eigenvalue weighted by Crippen LogP contribution is -2.20. The molecule has 4 N–H and O–H groups in total. The van der Waals surface area contributed by atoms with Crippen molar-refractivity contribution in [1.29, 1.82) is 0 Å². The molecule has 174 valence electrons. The van der Waals surface area contributed by atoms with Crippen LogP contribution in [0.3, 0.4) is 0 Å². The van der Waals surface area contributed by atoms with Crippen LogP contribution in [0.5, 0.6) is 0 Å². The van der Waals surface area contributed by atoms with E-state index in [1.165, 1.54) is 12.1 Å². The van der Waals surface area contributed by atoms with Crippen LogP contribution in [-0.2, 0) is 16.6 Å². The summed E-state index contributed by atoms with van der Waals surface area (Å²) < 4.78 is 25.8. The van der Waals surface area contributed by atoms with Crippen molar-refractivity contribution in [3.63, 3.8) is 0 Å². The van der Waals surface area contributed by atoms with Crippen LogP contribution in [-0.4, -0.2) is 13.0 Å². The van der Waals surface area contributed by atoms with Crippen LogP contribution in [0.15, 0.2) is 107 Å². The zero-order chi connectivity index (χ0) is 24.7. The Morgan fingerprint density at radius 2 is 1.57 bits per heavy atom. The highest BCUT2D eigenvalue weighted by atomic mass is 32.2. The van der Waals surface area contributed by atoms with Crippen molar-refractivity contribution in [1.82, 2.24) is 4.57 Å². The Labute approximate surface area is 202 Å². The smallest absolute Gasteiger partial charge is 0.251 e. The van der Waals surface area contributed by atoms with Gasteiger partial charge in [0.05, 0.1) is 17.0 Å². The van der Waals surface area contributed by atoms with Gasteiger partial charge in [-0.05, 0) is 69.2 Å². The number of primary sulfonamides is 1. The van der Waals surface area contributed by atoms with Gasteiger partial charge in [-0.1, -0.05) is 55.1 Å². The van der Waals surface area contributed by atoms with Gasteiger partial charge < -0.3 is 10.3 Å². The SMILES string of the molecule is C=C(N)c1ccc2ccc(Cn3c(=O)ccc4cc(-c5ccccc5S(N)(=O)=O)ccc43)cc2c1. The molecule has 0 fully saturated rings. The van der Waals surface area contributed by atoms with E-state index in [9.17, 15) is 13.2 Å². The highest BCUT2D eigenvalue weighted by molar-refractivity contribution is 7.89. The number of nitrogens with two attached hydrogens (primary N) is 2. The van der Waals surface area contributed by atoms with Crippen molar-refractivity contribution in [2.45, 2.75) is 11.4 Å². The molecule has 7 heteroatoms. The molecule has 0 aliphatic heterocycles. The first kappa shape index (κ1) is 22.6. The second-order valence-corrected chi connectivity index (χ2v) is 10.0. The second-order valence-electron chi connectivity index (χ2n) is 8.49. The van der Waals surface area contributed by atoms with E-state index in [0.29, 0.717) is 23.4 Å². The summed E-state index contributed by atoms with van der Waals surface area (Å²) in [5, 5.41) is 8.32. The standard InChI is InChI=1S/C28H23N3O3S/c1-18(29)21-9-8-20-7-6-19(14-24(20)15-21)17-31-26-12-10-22(16-23(26)11-13-28(31)32)25-4-2-3-5-27(25)35(30,33)34/h2-16H,1,17,29H2,(H2,30,33,34). The monoisotopic (exact) mass is 481 g/mol. The van der Waals surface area contributed by atoms with E-state index in [2.05, 4.69) is 6.58 Å². The predicted octanol–water partition coefficient (Wildman–Crippen LogP) is 4.45. The summed E-state index contributed by atoms with van der Waals surface area (Å²) in [7, 11) is -3.89. The number of aromatic nitrogens is 1. The van der Waals surface area contributed by atoms with E-state index in [1.807, 2.05) is 54.6 Å². The summed E-state index contributed by atoms with van der Waals surface area (Å²) in [5.74, 6) is 0. The molecule has 0 radical (unpaired) electrons. The molecule has 0 aliphatic carbocycles. The van der Waals surface area contributed by atoms with Gasteiger partial charge in [0.25, 0.3) is 5.56 Å². The predicted molar refractivity (Wildman–Crippen MR) is 141 cm³/mol. The molecule has 0 saturated carbocycles.